The first-order chi connectivity index (χ1) is 10.8. The van der Waals surface area contributed by atoms with Crippen LogP contribution in [0.1, 0.15) is 29.3 Å². The Hall–Kier alpha value is -2.61. The van der Waals surface area contributed by atoms with Crippen molar-refractivity contribution in [2.75, 3.05) is 0 Å². The Morgan fingerprint density at radius 3 is 2.55 bits per heavy atom. The summed E-state index contributed by atoms with van der Waals surface area (Å²) in [5.74, 6) is 0.864. The summed E-state index contributed by atoms with van der Waals surface area (Å²) in [4.78, 5) is 11.7. The molecule has 22 heavy (non-hydrogen) atoms. The summed E-state index contributed by atoms with van der Waals surface area (Å²) >= 11 is 0. The van der Waals surface area contributed by atoms with E-state index in [9.17, 15) is 4.79 Å². The maximum atomic E-state index is 11.7. The lowest BCUT2D eigenvalue weighted by Gasteiger charge is -2.08. The lowest BCUT2D eigenvalue weighted by atomic mass is 10.1. The number of benzene rings is 3. The van der Waals surface area contributed by atoms with E-state index in [0.717, 1.165) is 11.3 Å². The Labute approximate surface area is 130 Å². The third-order valence-electron chi connectivity index (χ3n) is 3.70. The molecule has 0 atom stereocenters. The van der Waals surface area contributed by atoms with Gasteiger partial charge in [0.15, 0.2) is 5.78 Å². The number of Topliss-reactive ketones (excluding diaryl/α,β-unsaturated/α-hetero) is 1. The molecule has 0 fully saturated rings. The lowest BCUT2D eigenvalue weighted by molar-refractivity contribution is 0.0987. The van der Waals surface area contributed by atoms with E-state index in [-0.39, 0.29) is 5.78 Å². The molecule has 2 nitrogen and oxygen atoms in total. The smallest absolute Gasteiger partial charge is 0.162 e. The van der Waals surface area contributed by atoms with Gasteiger partial charge in [-0.15, -0.1) is 0 Å². The van der Waals surface area contributed by atoms with E-state index in [1.807, 2.05) is 43.3 Å². The molecule has 0 aromatic heterocycles. The van der Waals surface area contributed by atoms with Gasteiger partial charge in [-0.25, -0.2) is 0 Å². The molecule has 0 aliphatic carbocycles. The van der Waals surface area contributed by atoms with Crippen molar-refractivity contribution < 1.29 is 9.53 Å². The van der Waals surface area contributed by atoms with E-state index >= 15 is 0 Å². The summed E-state index contributed by atoms with van der Waals surface area (Å²) in [5, 5.41) is 2.43. The van der Waals surface area contributed by atoms with Gasteiger partial charge in [0, 0.05) is 12.0 Å². The number of carbonyl (C=O) groups excluding carboxylic acids is 1. The van der Waals surface area contributed by atoms with E-state index in [2.05, 4.69) is 30.3 Å². The first-order valence-corrected chi connectivity index (χ1v) is 7.50. The van der Waals surface area contributed by atoms with Crippen molar-refractivity contribution in [3.63, 3.8) is 0 Å². The van der Waals surface area contributed by atoms with E-state index in [1.165, 1.54) is 10.8 Å². The Morgan fingerprint density at radius 2 is 1.73 bits per heavy atom. The van der Waals surface area contributed by atoms with Crippen molar-refractivity contribution in [2.45, 2.75) is 20.0 Å². The first kappa shape index (κ1) is 14.3. The molecule has 0 spiro atoms. The van der Waals surface area contributed by atoms with Crippen LogP contribution in [0.25, 0.3) is 10.8 Å². The third-order valence-corrected chi connectivity index (χ3v) is 3.70. The van der Waals surface area contributed by atoms with Crippen molar-refractivity contribution >= 4 is 16.6 Å². The van der Waals surface area contributed by atoms with Crippen LogP contribution in [0.4, 0.5) is 0 Å². The minimum Gasteiger partial charge on any atom is -0.489 e. The number of ether oxygens (including phenoxy) is 1. The fraction of sp³-hybridized carbons (Fsp3) is 0.150. The molecule has 0 amide bonds. The number of fused-ring (bicyclic) bond motifs is 1. The summed E-state index contributed by atoms with van der Waals surface area (Å²) in [6.45, 7) is 2.36. The molecule has 110 valence electrons. The predicted octanol–water partition coefficient (Wildman–Crippen LogP) is 5.01. The minimum atomic E-state index is 0.135. The molecule has 3 aromatic carbocycles. The first-order valence-electron chi connectivity index (χ1n) is 7.50. The Morgan fingerprint density at radius 1 is 0.909 bits per heavy atom. The molecular formula is C20H18O2. The van der Waals surface area contributed by atoms with Crippen LogP contribution in [0.15, 0.2) is 66.7 Å². The maximum Gasteiger partial charge on any atom is 0.162 e. The van der Waals surface area contributed by atoms with Crippen LogP contribution in [-0.2, 0) is 6.61 Å². The van der Waals surface area contributed by atoms with Crippen molar-refractivity contribution in [1.82, 2.24) is 0 Å². The van der Waals surface area contributed by atoms with Crippen molar-refractivity contribution in [3.05, 3.63) is 77.9 Å². The monoisotopic (exact) mass is 290 g/mol. The fourth-order valence-electron chi connectivity index (χ4n) is 2.46. The minimum absolute atomic E-state index is 0.135. The molecule has 0 saturated heterocycles. The van der Waals surface area contributed by atoms with Gasteiger partial charge in [-0.3, -0.25) is 4.79 Å². The van der Waals surface area contributed by atoms with E-state index in [0.29, 0.717) is 18.6 Å². The van der Waals surface area contributed by atoms with E-state index < -0.39 is 0 Å². The Balaban J connectivity index is 1.75. The van der Waals surface area contributed by atoms with Gasteiger partial charge in [-0.2, -0.15) is 0 Å². The van der Waals surface area contributed by atoms with Gasteiger partial charge < -0.3 is 4.74 Å². The van der Waals surface area contributed by atoms with E-state index in [1.54, 1.807) is 0 Å². The predicted molar refractivity (Wildman–Crippen MR) is 89.3 cm³/mol. The van der Waals surface area contributed by atoms with Crippen LogP contribution in [0.5, 0.6) is 5.75 Å². The van der Waals surface area contributed by atoms with Crippen molar-refractivity contribution in [1.29, 1.82) is 0 Å². The number of rotatable bonds is 5. The van der Waals surface area contributed by atoms with Crippen LogP contribution in [0.3, 0.4) is 0 Å². The lowest BCUT2D eigenvalue weighted by Crippen LogP contribution is -1.99. The van der Waals surface area contributed by atoms with E-state index in [4.69, 9.17) is 4.74 Å². The molecule has 0 bridgehead atoms. The summed E-state index contributed by atoms with van der Waals surface area (Å²) < 4.78 is 5.82. The second-order valence-electron chi connectivity index (χ2n) is 5.27. The zero-order valence-electron chi connectivity index (χ0n) is 12.6. The highest BCUT2D eigenvalue weighted by molar-refractivity contribution is 5.96. The molecule has 0 saturated carbocycles. The normalized spacial score (nSPS) is 10.6. The summed E-state index contributed by atoms with van der Waals surface area (Å²) in [7, 11) is 0. The molecular weight excluding hydrogens is 272 g/mol. The molecule has 0 N–H and O–H groups in total. The highest BCUT2D eigenvalue weighted by Crippen LogP contribution is 2.19. The summed E-state index contributed by atoms with van der Waals surface area (Å²) in [6.07, 6.45) is 0.508. The van der Waals surface area contributed by atoms with Crippen LogP contribution in [0.2, 0.25) is 0 Å². The average molecular weight is 290 g/mol. The summed E-state index contributed by atoms with van der Waals surface area (Å²) in [6, 6.07) is 22.0. The molecule has 3 rings (SSSR count). The zero-order valence-corrected chi connectivity index (χ0v) is 12.6. The molecule has 3 aromatic rings. The van der Waals surface area contributed by atoms with Gasteiger partial charge in [0.2, 0.25) is 0 Å². The largest absolute Gasteiger partial charge is 0.489 e. The average Bonchev–Trinajstić information content (AvgIpc) is 2.59. The van der Waals surface area contributed by atoms with Crippen molar-refractivity contribution in [2.24, 2.45) is 0 Å². The Kier molecular flexibility index (Phi) is 4.19. The topological polar surface area (TPSA) is 26.3 Å². The molecule has 0 aliphatic rings. The molecule has 0 unspecified atom stereocenters. The molecule has 0 heterocycles. The highest BCUT2D eigenvalue weighted by Gasteiger charge is 2.04. The fourth-order valence-corrected chi connectivity index (χ4v) is 2.46. The third kappa shape index (κ3) is 3.17. The SMILES string of the molecule is CCC(=O)c1cccc(OCc2ccc3ccccc3c2)c1. The standard InChI is InChI=1S/C20H18O2/c1-2-20(21)18-8-5-9-19(13-18)22-14-15-10-11-16-6-3-4-7-17(16)12-15/h3-13H,2,14H2,1H3. The van der Waals surface area contributed by atoms with Crippen LogP contribution < -0.4 is 4.74 Å². The van der Waals surface area contributed by atoms with Crippen molar-refractivity contribution in [3.8, 4) is 5.75 Å². The van der Waals surface area contributed by atoms with Gasteiger partial charge in [0.1, 0.15) is 12.4 Å². The molecule has 2 heteroatoms. The summed E-state index contributed by atoms with van der Waals surface area (Å²) in [5.41, 5.74) is 1.82. The van der Waals surface area contributed by atoms with Gasteiger partial charge in [-0.05, 0) is 34.5 Å². The molecule has 0 radical (unpaired) electrons. The number of hydrogen-bond donors (Lipinski definition) is 0. The quantitative estimate of drug-likeness (QED) is 0.617. The van der Waals surface area contributed by atoms with Crippen LogP contribution in [-0.4, -0.2) is 5.78 Å². The Bertz CT molecular complexity index is 805. The van der Waals surface area contributed by atoms with Gasteiger partial charge in [0.05, 0.1) is 0 Å². The number of hydrogen-bond acceptors (Lipinski definition) is 2. The van der Waals surface area contributed by atoms with Crippen LogP contribution in [0, 0.1) is 0 Å². The number of ketones is 1. The second kappa shape index (κ2) is 6.44. The van der Waals surface area contributed by atoms with Gasteiger partial charge in [-0.1, -0.05) is 55.5 Å². The maximum absolute atomic E-state index is 11.7. The second-order valence-corrected chi connectivity index (χ2v) is 5.27. The highest BCUT2D eigenvalue weighted by atomic mass is 16.5. The van der Waals surface area contributed by atoms with Crippen LogP contribution >= 0.6 is 0 Å². The van der Waals surface area contributed by atoms with Gasteiger partial charge in [0.25, 0.3) is 0 Å². The molecule has 0 aliphatic heterocycles. The van der Waals surface area contributed by atoms with Gasteiger partial charge >= 0.3 is 0 Å². The number of carbonyl (C=O) groups is 1. The zero-order chi connectivity index (χ0) is 15.4.